The van der Waals surface area contributed by atoms with Crippen molar-refractivity contribution in [2.45, 2.75) is 37.1 Å². The topological polar surface area (TPSA) is 54.5 Å². The lowest BCUT2D eigenvalue weighted by Crippen LogP contribution is -2.35. The molecule has 1 unspecified atom stereocenters. The van der Waals surface area contributed by atoms with Gasteiger partial charge in [0.25, 0.3) is 15.0 Å². The molecule has 8 heteroatoms. The first-order valence-corrected chi connectivity index (χ1v) is 9.57. The third-order valence-electron chi connectivity index (χ3n) is 3.64. The van der Waals surface area contributed by atoms with Crippen molar-refractivity contribution in [3.05, 3.63) is 27.7 Å². The highest BCUT2D eigenvalue weighted by Gasteiger charge is 2.32. The summed E-state index contributed by atoms with van der Waals surface area (Å²) in [7, 11) is 1.29. The third-order valence-corrected chi connectivity index (χ3v) is 5.83. The molecule has 0 N–H and O–H groups in total. The summed E-state index contributed by atoms with van der Waals surface area (Å²) in [4.78, 5) is 14.0. The molecule has 1 aliphatic heterocycles. The largest absolute Gasteiger partial charge is 0.336 e. The van der Waals surface area contributed by atoms with Gasteiger partial charge in [-0.05, 0) is 31.4 Å². The lowest BCUT2D eigenvalue weighted by molar-refractivity contribution is 0.0734. The van der Waals surface area contributed by atoms with Crippen LogP contribution in [0.4, 0.5) is 0 Å². The molecule has 0 spiro atoms. The van der Waals surface area contributed by atoms with E-state index in [0.29, 0.717) is 6.54 Å². The van der Waals surface area contributed by atoms with Crippen LogP contribution in [0, 0.1) is 0 Å². The van der Waals surface area contributed by atoms with Crippen LogP contribution in [0.3, 0.4) is 0 Å². The molecule has 4 nitrogen and oxygen atoms in total. The summed E-state index contributed by atoms with van der Waals surface area (Å²) in [6, 6.07) is 2.65. The molecule has 1 aliphatic rings. The van der Waals surface area contributed by atoms with Gasteiger partial charge < -0.3 is 4.90 Å². The van der Waals surface area contributed by atoms with E-state index >= 15 is 0 Å². The minimum absolute atomic E-state index is 0.000378. The smallest absolute Gasteiger partial charge is 0.262 e. The van der Waals surface area contributed by atoms with Crippen molar-refractivity contribution >= 4 is 48.8 Å². The van der Waals surface area contributed by atoms with Crippen LogP contribution in [0.2, 0.25) is 10.0 Å². The van der Waals surface area contributed by atoms with Gasteiger partial charge in [0, 0.05) is 23.3 Å². The minimum atomic E-state index is -4.04. The van der Waals surface area contributed by atoms with Gasteiger partial charge in [0.15, 0.2) is 0 Å². The van der Waals surface area contributed by atoms with Crippen LogP contribution in [-0.4, -0.2) is 31.8 Å². The van der Waals surface area contributed by atoms with Crippen molar-refractivity contribution in [3.8, 4) is 0 Å². The fraction of sp³-hybridized carbons (Fsp3) is 0.462. The van der Waals surface area contributed by atoms with Crippen molar-refractivity contribution in [1.82, 2.24) is 4.90 Å². The second-order valence-electron chi connectivity index (χ2n) is 4.88. The maximum Gasteiger partial charge on any atom is 0.262 e. The van der Waals surface area contributed by atoms with Crippen molar-refractivity contribution in [3.63, 3.8) is 0 Å². The Bertz CT molecular complexity index is 675. The van der Waals surface area contributed by atoms with E-state index in [1.54, 1.807) is 4.90 Å². The predicted octanol–water partition coefficient (Wildman–Crippen LogP) is 3.94. The monoisotopic (exact) mass is 369 g/mol. The SMILES string of the molecule is CCC1CCCN1C(=O)c1c(Cl)ccc(S(=O)(=O)Cl)c1Cl. The number of carbonyl (C=O) groups is 1. The summed E-state index contributed by atoms with van der Waals surface area (Å²) in [5, 5.41) is -0.0972. The Morgan fingerprint density at radius 1 is 1.38 bits per heavy atom. The maximum absolute atomic E-state index is 12.7. The number of nitrogens with zero attached hydrogens (tertiary/aromatic N) is 1. The fourth-order valence-electron chi connectivity index (χ4n) is 2.59. The molecule has 1 aromatic rings. The third kappa shape index (κ3) is 3.31. The standard InChI is InChI=1S/C13H14Cl3NO3S/c1-2-8-4-3-7-17(8)13(18)11-9(14)5-6-10(12(11)15)21(16,19)20/h5-6,8H,2-4,7H2,1H3. The molecule has 1 heterocycles. The van der Waals surface area contributed by atoms with Gasteiger partial charge in [-0.15, -0.1) is 0 Å². The number of benzene rings is 1. The molecule has 0 aliphatic carbocycles. The van der Waals surface area contributed by atoms with Gasteiger partial charge in [-0.1, -0.05) is 30.1 Å². The summed E-state index contributed by atoms with van der Waals surface area (Å²) in [6.45, 7) is 2.61. The average molecular weight is 371 g/mol. The molecular weight excluding hydrogens is 357 g/mol. The zero-order chi connectivity index (χ0) is 15.8. The number of rotatable bonds is 3. The normalized spacial score (nSPS) is 19.0. The molecule has 1 atom stereocenters. The number of hydrogen-bond donors (Lipinski definition) is 0. The van der Waals surface area contributed by atoms with Crippen LogP contribution in [0.1, 0.15) is 36.5 Å². The minimum Gasteiger partial charge on any atom is -0.336 e. The average Bonchev–Trinajstić information content (AvgIpc) is 2.85. The first-order valence-electron chi connectivity index (χ1n) is 6.51. The second-order valence-corrected chi connectivity index (χ2v) is 8.19. The summed E-state index contributed by atoms with van der Waals surface area (Å²) in [5.41, 5.74) is 0.000378. The van der Waals surface area contributed by atoms with E-state index in [4.69, 9.17) is 33.9 Å². The van der Waals surface area contributed by atoms with Crippen molar-refractivity contribution < 1.29 is 13.2 Å². The van der Waals surface area contributed by atoms with Gasteiger partial charge in [-0.25, -0.2) is 8.42 Å². The quantitative estimate of drug-likeness (QED) is 0.757. The van der Waals surface area contributed by atoms with Gasteiger partial charge in [-0.2, -0.15) is 0 Å². The number of likely N-dealkylation sites (tertiary alicyclic amines) is 1. The predicted molar refractivity (Wildman–Crippen MR) is 83.9 cm³/mol. The molecule has 2 rings (SSSR count). The van der Waals surface area contributed by atoms with Crippen LogP contribution in [0.25, 0.3) is 0 Å². The van der Waals surface area contributed by atoms with Gasteiger partial charge in [-0.3, -0.25) is 4.79 Å². The van der Waals surface area contributed by atoms with E-state index in [-0.39, 0.29) is 32.5 Å². The Labute approximate surface area is 138 Å². The van der Waals surface area contributed by atoms with E-state index in [9.17, 15) is 13.2 Å². The van der Waals surface area contributed by atoms with Crippen LogP contribution in [-0.2, 0) is 9.05 Å². The number of carbonyl (C=O) groups excluding carboxylic acids is 1. The zero-order valence-corrected chi connectivity index (χ0v) is 14.4. The van der Waals surface area contributed by atoms with Gasteiger partial charge in [0.1, 0.15) is 4.90 Å². The summed E-state index contributed by atoms with van der Waals surface area (Å²) in [5.74, 6) is -0.350. The van der Waals surface area contributed by atoms with Crippen LogP contribution in [0.15, 0.2) is 17.0 Å². The molecule has 21 heavy (non-hydrogen) atoms. The molecule has 1 aromatic carbocycles. The van der Waals surface area contributed by atoms with Gasteiger partial charge in [0.05, 0.1) is 15.6 Å². The van der Waals surface area contributed by atoms with Crippen molar-refractivity contribution in [2.75, 3.05) is 6.54 Å². The van der Waals surface area contributed by atoms with E-state index < -0.39 is 9.05 Å². The van der Waals surface area contributed by atoms with Crippen molar-refractivity contribution in [1.29, 1.82) is 0 Å². The molecule has 0 bridgehead atoms. The molecule has 0 saturated carbocycles. The first-order chi connectivity index (χ1) is 9.77. The van der Waals surface area contributed by atoms with E-state index in [1.165, 1.54) is 12.1 Å². The summed E-state index contributed by atoms with van der Waals surface area (Å²) >= 11 is 12.1. The Balaban J connectivity index is 2.51. The van der Waals surface area contributed by atoms with Crippen molar-refractivity contribution in [2.24, 2.45) is 0 Å². The summed E-state index contributed by atoms with van der Waals surface area (Å²) < 4.78 is 23.0. The van der Waals surface area contributed by atoms with Crippen LogP contribution >= 0.6 is 33.9 Å². The fourth-order valence-corrected chi connectivity index (χ4v) is 4.48. The maximum atomic E-state index is 12.7. The molecule has 0 aromatic heterocycles. The Kier molecular flexibility index (Phi) is 5.08. The second kappa shape index (κ2) is 6.32. The van der Waals surface area contributed by atoms with E-state index in [0.717, 1.165) is 19.3 Å². The lowest BCUT2D eigenvalue weighted by atomic mass is 10.1. The Morgan fingerprint density at radius 2 is 2.05 bits per heavy atom. The number of halogens is 3. The molecule has 0 radical (unpaired) electrons. The first kappa shape index (κ1) is 16.9. The van der Waals surface area contributed by atoms with Crippen LogP contribution in [0.5, 0.6) is 0 Å². The van der Waals surface area contributed by atoms with Gasteiger partial charge >= 0.3 is 0 Å². The highest BCUT2D eigenvalue weighted by atomic mass is 35.7. The number of hydrogen-bond acceptors (Lipinski definition) is 3. The zero-order valence-electron chi connectivity index (χ0n) is 11.3. The molecule has 1 fully saturated rings. The van der Waals surface area contributed by atoms with E-state index in [2.05, 4.69) is 0 Å². The Morgan fingerprint density at radius 3 is 2.62 bits per heavy atom. The highest BCUT2D eigenvalue weighted by Crippen LogP contribution is 2.35. The molecule has 1 saturated heterocycles. The molecular formula is C13H14Cl3NO3S. The lowest BCUT2D eigenvalue weighted by Gasteiger charge is -2.24. The van der Waals surface area contributed by atoms with Crippen LogP contribution < -0.4 is 0 Å². The number of amides is 1. The van der Waals surface area contributed by atoms with E-state index in [1.807, 2.05) is 6.92 Å². The van der Waals surface area contributed by atoms with Gasteiger partial charge in [0.2, 0.25) is 0 Å². The summed E-state index contributed by atoms with van der Waals surface area (Å²) in [6.07, 6.45) is 2.66. The molecule has 116 valence electrons. The highest BCUT2D eigenvalue weighted by molar-refractivity contribution is 8.13. The molecule has 1 amide bonds. The Hall–Kier alpha value is -0.490.